The van der Waals surface area contributed by atoms with Crippen LogP contribution in [0.15, 0.2) is 0 Å². The Bertz CT molecular complexity index is 120. The molecule has 0 amide bonds. The standard InChI is InChI=1S/C6H13NO3/c7-4-6(9)1-2-10-3-5(6)8/h5,8-9H,1-4,7H2/t5-,6-/m1/s1. The number of ether oxygens (including phenoxy) is 1. The molecule has 4 N–H and O–H groups in total. The second kappa shape index (κ2) is 2.84. The highest BCUT2D eigenvalue weighted by atomic mass is 16.5. The van der Waals surface area contributed by atoms with E-state index in [4.69, 9.17) is 10.5 Å². The average molecular weight is 147 g/mol. The van der Waals surface area contributed by atoms with Gasteiger partial charge in [-0.2, -0.15) is 0 Å². The second-order valence-corrected chi connectivity index (χ2v) is 2.65. The lowest BCUT2D eigenvalue weighted by Gasteiger charge is -2.35. The van der Waals surface area contributed by atoms with Gasteiger partial charge in [0.25, 0.3) is 0 Å². The summed E-state index contributed by atoms with van der Waals surface area (Å²) in [5.41, 5.74) is 4.15. The van der Waals surface area contributed by atoms with E-state index in [0.717, 1.165) is 0 Å². The van der Waals surface area contributed by atoms with Crippen molar-refractivity contribution in [1.29, 1.82) is 0 Å². The first-order valence-corrected chi connectivity index (χ1v) is 3.37. The van der Waals surface area contributed by atoms with Crippen LogP contribution < -0.4 is 5.73 Å². The van der Waals surface area contributed by atoms with E-state index in [0.29, 0.717) is 13.0 Å². The van der Waals surface area contributed by atoms with Crippen molar-refractivity contribution in [3.63, 3.8) is 0 Å². The molecule has 4 nitrogen and oxygen atoms in total. The summed E-state index contributed by atoms with van der Waals surface area (Å²) in [4.78, 5) is 0. The topological polar surface area (TPSA) is 75.7 Å². The largest absolute Gasteiger partial charge is 0.388 e. The molecule has 1 rings (SSSR count). The van der Waals surface area contributed by atoms with E-state index < -0.39 is 11.7 Å². The molecule has 0 aliphatic carbocycles. The van der Waals surface area contributed by atoms with Crippen LogP contribution in [-0.4, -0.2) is 41.7 Å². The van der Waals surface area contributed by atoms with E-state index in [-0.39, 0.29) is 13.2 Å². The van der Waals surface area contributed by atoms with Crippen molar-refractivity contribution in [3.05, 3.63) is 0 Å². The Balaban J connectivity index is 2.54. The molecule has 0 spiro atoms. The van der Waals surface area contributed by atoms with Crippen LogP contribution in [-0.2, 0) is 4.74 Å². The molecule has 1 aliphatic heterocycles. The predicted octanol–water partition coefficient (Wildman–Crippen LogP) is -1.54. The molecular weight excluding hydrogens is 134 g/mol. The first-order valence-electron chi connectivity index (χ1n) is 3.37. The second-order valence-electron chi connectivity index (χ2n) is 2.65. The summed E-state index contributed by atoms with van der Waals surface area (Å²) in [7, 11) is 0. The first-order chi connectivity index (χ1) is 4.69. The van der Waals surface area contributed by atoms with Gasteiger partial charge in [-0.3, -0.25) is 0 Å². The Morgan fingerprint density at radius 3 is 2.80 bits per heavy atom. The van der Waals surface area contributed by atoms with E-state index in [2.05, 4.69) is 0 Å². The van der Waals surface area contributed by atoms with Gasteiger partial charge in [-0.25, -0.2) is 0 Å². The number of nitrogens with two attached hydrogens (primary N) is 1. The molecule has 4 heteroatoms. The minimum absolute atomic E-state index is 0.0948. The van der Waals surface area contributed by atoms with Gasteiger partial charge in [0.1, 0.15) is 11.7 Å². The first kappa shape index (κ1) is 7.94. The lowest BCUT2D eigenvalue weighted by molar-refractivity contribution is -0.146. The highest BCUT2D eigenvalue weighted by Gasteiger charge is 2.36. The van der Waals surface area contributed by atoms with Gasteiger partial charge in [0, 0.05) is 19.6 Å². The summed E-state index contributed by atoms with van der Waals surface area (Å²) >= 11 is 0. The van der Waals surface area contributed by atoms with Gasteiger partial charge < -0.3 is 20.7 Å². The van der Waals surface area contributed by atoms with Crippen LogP contribution in [0.25, 0.3) is 0 Å². The van der Waals surface area contributed by atoms with Gasteiger partial charge in [0.05, 0.1) is 6.61 Å². The zero-order chi connectivity index (χ0) is 7.61. The maximum atomic E-state index is 9.49. The Morgan fingerprint density at radius 1 is 1.70 bits per heavy atom. The van der Waals surface area contributed by atoms with Crippen molar-refractivity contribution >= 4 is 0 Å². The Kier molecular flexibility index (Phi) is 2.25. The van der Waals surface area contributed by atoms with E-state index in [1.54, 1.807) is 0 Å². The third-order valence-corrected chi connectivity index (χ3v) is 1.93. The third-order valence-electron chi connectivity index (χ3n) is 1.93. The normalized spacial score (nSPS) is 41.7. The lowest BCUT2D eigenvalue weighted by atomic mass is 9.92. The highest BCUT2D eigenvalue weighted by molar-refractivity contribution is 4.89. The number of aliphatic hydroxyl groups is 2. The average Bonchev–Trinajstić information content (AvgIpc) is 1.96. The van der Waals surface area contributed by atoms with Crippen LogP contribution in [0.4, 0.5) is 0 Å². The predicted molar refractivity (Wildman–Crippen MR) is 35.4 cm³/mol. The van der Waals surface area contributed by atoms with Crippen LogP contribution in [0.2, 0.25) is 0 Å². The van der Waals surface area contributed by atoms with Crippen LogP contribution in [0.1, 0.15) is 6.42 Å². The zero-order valence-electron chi connectivity index (χ0n) is 5.79. The minimum atomic E-state index is -1.11. The van der Waals surface area contributed by atoms with Crippen molar-refractivity contribution in [2.75, 3.05) is 19.8 Å². The molecule has 0 saturated carbocycles. The fourth-order valence-electron chi connectivity index (χ4n) is 1.00. The van der Waals surface area contributed by atoms with Crippen LogP contribution >= 0.6 is 0 Å². The maximum Gasteiger partial charge on any atom is 0.107 e. The summed E-state index contributed by atoms with van der Waals surface area (Å²) in [6.07, 6.45) is -0.406. The molecule has 0 aromatic heterocycles. The fraction of sp³-hybridized carbons (Fsp3) is 1.00. The molecule has 10 heavy (non-hydrogen) atoms. The van der Waals surface area contributed by atoms with Crippen molar-refractivity contribution in [2.45, 2.75) is 18.1 Å². The molecule has 1 saturated heterocycles. The highest BCUT2D eigenvalue weighted by Crippen LogP contribution is 2.18. The summed E-state index contributed by atoms with van der Waals surface area (Å²) in [5, 5.41) is 18.7. The zero-order valence-corrected chi connectivity index (χ0v) is 5.79. The molecule has 0 aromatic carbocycles. The van der Waals surface area contributed by atoms with Gasteiger partial charge in [0.2, 0.25) is 0 Å². The SMILES string of the molecule is NC[C@]1(O)CCOC[C@H]1O. The van der Waals surface area contributed by atoms with Gasteiger partial charge in [-0.1, -0.05) is 0 Å². The van der Waals surface area contributed by atoms with Gasteiger partial charge >= 0.3 is 0 Å². The van der Waals surface area contributed by atoms with Crippen molar-refractivity contribution in [1.82, 2.24) is 0 Å². The van der Waals surface area contributed by atoms with Crippen LogP contribution in [0.5, 0.6) is 0 Å². The van der Waals surface area contributed by atoms with E-state index in [1.807, 2.05) is 0 Å². The summed E-state index contributed by atoms with van der Waals surface area (Å²) < 4.78 is 4.91. The van der Waals surface area contributed by atoms with Gasteiger partial charge in [-0.05, 0) is 0 Å². The van der Waals surface area contributed by atoms with E-state index in [1.165, 1.54) is 0 Å². The van der Waals surface area contributed by atoms with E-state index >= 15 is 0 Å². The summed E-state index contributed by atoms with van der Waals surface area (Å²) in [5.74, 6) is 0. The molecule has 0 aromatic rings. The third kappa shape index (κ3) is 1.29. The monoisotopic (exact) mass is 147 g/mol. The molecular formula is C6H13NO3. The van der Waals surface area contributed by atoms with E-state index in [9.17, 15) is 10.2 Å². The molecule has 1 aliphatic rings. The molecule has 1 heterocycles. The number of hydrogen-bond acceptors (Lipinski definition) is 4. The number of rotatable bonds is 1. The van der Waals surface area contributed by atoms with Gasteiger partial charge in [0.15, 0.2) is 0 Å². The number of aliphatic hydroxyl groups excluding tert-OH is 1. The molecule has 60 valence electrons. The lowest BCUT2D eigenvalue weighted by Crippen LogP contribution is -2.54. The minimum Gasteiger partial charge on any atom is -0.388 e. The Morgan fingerprint density at radius 2 is 2.40 bits per heavy atom. The molecule has 0 bridgehead atoms. The summed E-state index contributed by atoms with van der Waals surface area (Å²) in [6.45, 7) is 0.760. The summed E-state index contributed by atoms with van der Waals surface area (Å²) in [6, 6.07) is 0. The molecule has 0 unspecified atom stereocenters. The maximum absolute atomic E-state index is 9.49. The molecule has 0 radical (unpaired) electrons. The Hall–Kier alpha value is -0.160. The van der Waals surface area contributed by atoms with Crippen LogP contribution in [0.3, 0.4) is 0 Å². The molecule has 1 fully saturated rings. The molecule has 2 atom stereocenters. The Labute approximate surface area is 59.6 Å². The smallest absolute Gasteiger partial charge is 0.107 e. The quantitative estimate of drug-likeness (QED) is 0.420. The van der Waals surface area contributed by atoms with Crippen molar-refractivity contribution in [2.24, 2.45) is 5.73 Å². The van der Waals surface area contributed by atoms with Crippen molar-refractivity contribution < 1.29 is 14.9 Å². The number of hydrogen-bond donors (Lipinski definition) is 3. The fourth-order valence-corrected chi connectivity index (χ4v) is 1.00. The van der Waals surface area contributed by atoms with Gasteiger partial charge in [-0.15, -0.1) is 0 Å². The van der Waals surface area contributed by atoms with Crippen LogP contribution in [0, 0.1) is 0 Å². The van der Waals surface area contributed by atoms with Crippen molar-refractivity contribution in [3.8, 4) is 0 Å².